The van der Waals surface area contributed by atoms with Crippen molar-refractivity contribution in [3.63, 3.8) is 0 Å². The van der Waals surface area contributed by atoms with Crippen LogP contribution in [0, 0.1) is 17.3 Å². The maximum atomic E-state index is 11.5. The average molecular weight is 267 g/mol. The molecule has 0 aromatic rings. The Hall–Kier alpha value is -0.570. The Morgan fingerprint density at radius 1 is 1.21 bits per heavy atom. The summed E-state index contributed by atoms with van der Waals surface area (Å²) in [6.45, 7) is 9.12. The molecule has 1 heterocycles. The summed E-state index contributed by atoms with van der Waals surface area (Å²) in [5.74, 6) is -0.0466. The molecule has 2 fully saturated rings. The second kappa shape index (κ2) is 5.82. The van der Waals surface area contributed by atoms with Crippen molar-refractivity contribution < 1.29 is 9.90 Å². The molecule has 2 aliphatic rings. The van der Waals surface area contributed by atoms with Crippen molar-refractivity contribution in [1.29, 1.82) is 0 Å². The number of carbonyl (C=O) groups is 1. The zero-order valence-corrected chi connectivity index (χ0v) is 12.7. The topological polar surface area (TPSA) is 40.5 Å². The maximum Gasteiger partial charge on any atom is 0.308 e. The molecule has 0 bridgehead atoms. The molecule has 3 atom stereocenters. The van der Waals surface area contributed by atoms with Crippen molar-refractivity contribution in [1.82, 2.24) is 4.90 Å². The van der Waals surface area contributed by atoms with E-state index in [4.69, 9.17) is 0 Å². The van der Waals surface area contributed by atoms with Gasteiger partial charge in [0.25, 0.3) is 0 Å². The van der Waals surface area contributed by atoms with Crippen molar-refractivity contribution >= 4 is 5.97 Å². The highest BCUT2D eigenvalue weighted by Gasteiger charge is 2.38. The van der Waals surface area contributed by atoms with E-state index >= 15 is 0 Å². The molecule has 1 N–H and O–H groups in total. The maximum absolute atomic E-state index is 11.5. The molecule has 0 amide bonds. The molecule has 1 aliphatic heterocycles. The normalized spacial score (nSPS) is 36.7. The summed E-state index contributed by atoms with van der Waals surface area (Å²) in [7, 11) is 0. The lowest BCUT2D eigenvalue weighted by atomic mass is 9.78. The van der Waals surface area contributed by atoms with E-state index in [9.17, 15) is 9.90 Å². The van der Waals surface area contributed by atoms with Gasteiger partial charge in [0.2, 0.25) is 0 Å². The van der Waals surface area contributed by atoms with Gasteiger partial charge >= 0.3 is 5.97 Å². The number of nitrogens with zero attached hydrogens (tertiary/aromatic N) is 1. The molecule has 2 rings (SSSR count). The Labute approximate surface area is 117 Å². The smallest absolute Gasteiger partial charge is 0.308 e. The highest BCUT2D eigenvalue weighted by molar-refractivity contribution is 5.71. The van der Waals surface area contributed by atoms with Crippen LogP contribution in [-0.4, -0.2) is 35.1 Å². The number of aliphatic carboxylic acids is 1. The van der Waals surface area contributed by atoms with Crippen molar-refractivity contribution in [3.8, 4) is 0 Å². The first-order chi connectivity index (χ1) is 8.89. The van der Waals surface area contributed by atoms with Crippen LogP contribution in [0.1, 0.15) is 59.3 Å². The third kappa shape index (κ3) is 3.71. The molecule has 0 aromatic carbocycles. The molecule has 1 saturated heterocycles. The van der Waals surface area contributed by atoms with Crippen molar-refractivity contribution in [3.05, 3.63) is 0 Å². The van der Waals surface area contributed by atoms with Gasteiger partial charge in [-0.1, -0.05) is 20.8 Å². The fraction of sp³-hybridized carbons (Fsp3) is 0.938. The molecule has 1 aliphatic carbocycles. The first-order valence-electron chi connectivity index (χ1n) is 7.86. The van der Waals surface area contributed by atoms with Crippen LogP contribution < -0.4 is 0 Å². The Bertz CT molecular complexity index is 327. The Morgan fingerprint density at radius 2 is 1.95 bits per heavy atom. The quantitative estimate of drug-likeness (QED) is 0.833. The van der Waals surface area contributed by atoms with Crippen molar-refractivity contribution in [2.24, 2.45) is 17.3 Å². The minimum Gasteiger partial charge on any atom is -0.481 e. The molecular formula is C16H29NO2. The van der Waals surface area contributed by atoms with Crippen LogP contribution >= 0.6 is 0 Å². The lowest BCUT2D eigenvalue weighted by molar-refractivity contribution is -0.146. The van der Waals surface area contributed by atoms with E-state index in [2.05, 4.69) is 25.7 Å². The molecule has 1 saturated carbocycles. The van der Waals surface area contributed by atoms with Gasteiger partial charge in [0, 0.05) is 6.04 Å². The molecule has 0 aromatic heterocycles. The van der Waals surface area contributed by atoms with Crippen LogP contribution in [0.25, 0.3) is 0 Å². The van der Waals surface area contributed by atoms with Gasteiger partial charge in [-0.3, -0.25) is 9.69 Å². The summed E-state index contributed by atoms with van der Waals surface area (Å²) in [6.07, 6.45) is 6.68. The molecule has 0 spiro atoms. The number of hydrogen-bond acceptors (Lipinski definition) is 2. The highest BCUT2D eigenvalue weighted by atomic mass is 16.4. The summed E-state index contributed by atoms with van der Waals surface area (Å²) < 4.78 is 0. The minimum atomic E-state index is -0.583. The predicted octanol–water partition coefficient (Wildman–Crippen LogP) is 3.39. The molecule has 3 heteroatoms. The standard InChI is InChI=1S/C16H29NO2/c1-12-5-6-13(15(18)19)14(11-12)17-9-4-7-16(2,3)8-10-17/h12-14H,4-11H2,1-3H3,(H,18,19). The molecule has 3 nitrogen and oxygen atoms in total. The van der Waals surface area contributed by atoms with E-state index in [0.717, 1.165) is 32.4 Å². The second-order valence-electron chi connectivity index (χ2n) is 7.48. The van der Waals surface area contributed by atoms with Crippen LogP contribution in [-0.2, 0) is 4.79 Å². The third-order valence-corrected chi connectivity index (χ3v) is 5.24. The molecule has 19 heavy (non-hydrogen) atoms. The van der Waals surface area contributed by atoms with Gasteiger partial charge in [-0.05, 0) is 62.9 Å². The average Bonchev–Trinajstić information content (AvgIpc) is 2.49. The second-order valence-corrected chi connectivity index (χ2v) is 7.48. The fourth-order valence-electron chi connectivity index (χ4n) is 3.82. The summed E-state index contributed by atoms with van der Waals surface area (Å²) in [5.41, 5.74) is 0.424. The van der Waals surface area contributed by atoms with Crippen LogP contribution in [0.2, 0.25) is 0 Å². The van der Waals surface area contributed by atoms with E-state index < -0.39 is 5.97 Å². The third-order valence-electron chi connectivity index (χ3n) is 5.24. The lowest BCUT2D eigenvalue weighted by Crippen LogP contribution is -2.47. The largest absolute Gasteiger partial charge is 0.481 e. The number of hydrogen-bond donors (Lipinski definition) is 1. The Kier molecular flexibility index (Phi) is 4.54. The van der Waals surface area contributed by atoms with Crippen LogP contribution in [0.3, 0.4) is 0 Å². The number of rotatable bonds is 2. The minimum absolute atomic E-state index is 0.141. The van der Waals surface area contributed by atoms with E-state index in [0.29, 0.717) is 11.3 Å². The van der Waals surface area contributed by atoms with Crippen LogP contribution in [0.4, 0.5) is 0 Å². The summed E-state index contributed by atoms with van der Waals surface area (Å²) in [6, 6.07) is 0.273. The molecule has 3 unspecified atom stereocenters. The van der Waals surface area contributed by atoms with Gasteiger partial charge in [-0.25, -0.2) is 0 Å². The molecule has 0 radical (unpaired) electrons. The van der Waals surface area contributed by atoms with Crippen LogP contribution in [0.5, 0.6) is 0 Å². The number of likely N-dealkylation sites (tertiary alicyclic amines) is 1. The van der Waals surface area contributed by atoms with E-state index in [1.165, 1.54) is 19.3 Å². The van der Waals surface area contributed by atoms with Gasteiger partial charge in [0.05, 0.1) is 5.92 Å². The van der Waals surface area contributed by atoms with Gasteiger partial charge in [0.1, 0.15) is 0 Å². The fourth-order valence-corrected chi connectivity index (χ4v) is 3.82. The first-order valence-corrected chi connectivity index (χ1v) is 7.86. The van der Waals surface area contributed by atoms with E-state index in [1.807, 2.05) is 0 Å². The number of carboxylic acid groups (broad SMARTS) is 1. The monoisotopic (exact) mass is 267 g/mol. The molecule has 110 valence electrons. The van der Waals surface area contributed by atoms with E-state index in [-0.39, 0.29) is 12.0 Å². The first kappa shape index (κ1) is 14.8. The predicted molar refractivity (Wildman–Crippen MR) is 77.1 cm³/mol. The lowest BCUT2D eigenvalue weighted by Gasteiger charge is -2.40. The summed E-state index contributed by atoms with van der Waals surface area (Å²) in [5, 5.41) is 9.47. The zero-order chi connectivity index (χ0) is 14.0. The molecular weight excluding hydrogens is 238 g/mol. The van der Waals surface area contributed by atoms with Crippen LogP contribution in [0.15, 0.2) is 0 Å². The van der Waals surface area contributed by atoms with Gasteiger partial charge < -0.3 is 5.11 Å². The summed E-state index contributed by atoms with van der Waals surface area (Å²) >= 11 is 0. The van der Waals surface area contributed by atoms with E-state index in [1.54, 1.807) is 0 Å². The summed E-state index contributed by atoms with van der Waals surface area (Å²) in [4.78, 5) is 14.0. The SMILES string of the molecule is CC1CCC(C(=O)O)C(N2CCCC(C)(C)CC2)C1. The van der Waals surface area contributed by atoms with Gasteiger partial charge in [-0.15, -0.1) is 0 Å². The van der Waals surface area contributed by atoms with Gasteiger partial charge in [-0.2, -0.15) is 0 Å². The Balaban J connectivity index is 2.06. The van der Waals surface area contributed by atoms with Crippen molar-refractivity contribution in [2.75, 3.05) is 13.1 Å². The van der Waals surface area contributed by atoms with Gasteiger partial charge in [0.15, 0.2) is 0 Å². The van der Waals surface area contributed by atoms with Crippen molar-refractivity contribution in [2.45, 2.75) is 65.3 Å². The Morgan fingerprint density at radius 3 is 2.63 bits per heavy atom. The zero-order valence-electron chi connectivity index (χ0n) is 12.7. The number of carboxylic acids is 1. The highest BCUT2D eigenvalue weighted by Crippen LogP contribution is 2.36.